The van der Waals surface area contributed by atoms with Gasteiger partial charge in [0.2, 0.25) is 10.0 Å². The number of fused-ring (bicyclic) bond motifs is 1. The summed E-state index contributed by atoms with van der Waals surface area (Å²) in [5, 5.41) is 2.57. The quantitative estimate of drug-likeness (QED) is 0.358. The monoisotopic (exact) mass is 434 g/mol. The molecular formula is C22H18N4O4S. The molecule has 4 aromatic rings. The summed E-state index contributed by atoms with van der Waals surface area (Å²) >= 11 is 0. The number of hydrogen-bond donors (Lipinski definition) is 2. The van der Waals surface area contributed by atoms with Crippen molar-refractivity contribution in [3.8, 4) is 11.1 Å². The van der Waals surface area contributed by atoms with Gasteiger partial charge in [-0.05, 0) is 48.5 Å². The first-order valence-electron chi connectivity index (χ1n) is 9.26. The normalized spacial score (nSPS) is 11.3. The van der Waals surface area contributed by atoms with E-state index in [0.29, 0.717) is 16.9 Å². The number of amides is 1. The van der Waals surface area contributed by atoms with E-state index in [9.17, 15) is 18.0 Å². The Balaban J connectivity index is 1.64. The predicted octanol–water partition coefficient (Wildman–Crippen LogP) is 3.19. The Bertz CT molecular complexity index is 1380. The van der Waals surface area contributed by atoms with Crippen LogP contribution in [0.2, 0.25) is 0 Å². The molecule has 0 spiro atoms. The number of nitrogens with one attached hydrogen (secondary N) is 2. The van der Waals surface area contributed by atoms with Crippen LogP contribution in [-0.4, -0.2) is 35.7 Å². The van der Waals surface area contributed by atoms with Crippen LogP contribution in [0.3, 0.4) is 0 Å². The van der Waals surface area contributed by atoms with Crippen LogP contribution in [0.15, 0.2) is 79.3 Å². The fourth-order valence-electron chi connectivity index (χ4n) is 3.23. The van der Waals surface area contributed by atoms with Crippen LogP contribution in [-0.2, 0) is 14.8 Å². The van der Waals surface area contributed by atoms with Crippen molar-refractivity contribution in [3.63, 3.8) is 0 Å². The van der Waals surface area contributed by atoms with Gasteiger partial charge in [-0.15, -0.1) is 0 Å². The smallest absolute Gasteiger partial charge is 0.298 e. The van der Waals surface area contributed by atoms with Crippen molar-refractivity contribution in [1.29, 1.82) is 0 Å². The zero-order valence-electron chi connectivity index (χ0n) is 16.4. The molecule has 8 nitrogen and oxygen atoms in total. The number of carbonyl (C=O) groups is 2. The van der Waals surface area contributed by atoms with Crippen molar-refractivity contribution in [2.45, 2.75) is 0 Å². The van der Waals surface area contributed by atoms with Crippen LogP contribution in [0, 0.1) is 0 Å². The Kier molecular flexibility index (Phi) is 5.26. The Morgan fingerprint density at radius 3 is 2.39 bits per heavy atom. The van der Waals surface area contributed by atoms with Gasteiger partial charge in [-0.1, -0.05) is 12.1 Å². The number of anilines is 2. The molecule has 9 heteroatoms. The summed E-state index contributed by atoms with van der Waals surface area (Å²) in [6.07, 6.45) is 6.04. The molecular weight excluding hydrogens is 416 g/mol. The van der Waals surface area contributed by atoms with Crippen molar-refractivity contribution in [3.05, 3.63) is 84.9 Å². The number of sulfonamides is 1. The van der Waals surface area contributed by atoms with Crippen molar-refractivity contribution in [2.24, 2.45) is 0 Å². The molecule has 0 bridgehead atoms. The van der Waals surface area contributed by atoms with Crippen molar-refractivity contribution in [1.82, 2.24) is 9.38 Å². The lowest BCUT2D eigenvalue weighted by Gasteiger charge is -2.09. The summed E-state index contributed by atoms with van der Waals surface area (Å²) in [4.78, 5) is 30.0. The van der Waals surface area contributed by atoms with Crippen LogP contribution in [0.4, 0.5) is 11.4 Å². The van der Waals surface area contributed by atoms with Gasteiger partial charge in [0, 0.05) is 46.6 Å². The van der Waals surface area contributed by atoms with E-state index in [1.807, 2.05) is 24.3 Å². The van der Waals surface area contributed by atoms with Gasteiger partial charge in [-0.3, -0.25) is 19.3 Å². The highest BCUT2D eigenvalue weighted by atomic mass is 32.2. The molecule has 0 aliphatic rings. The van der Waals surface area contributed by atoms with E-state index in [1.54, 1.807) is 35.1 Å². The molecule has 0 saturated heterocycles. The van der Waals surface area contributed by atoms with Crippen LogP contribution in [0.5, 0.6) is 0 Å². The molecule has 3 aromatic heterocycles. The van der Waals surface area contributed by atoms with Crippen molar-refractivity contribution in [2.75, 3.05) is 16.3 Å². The molecule has 1 aromatic carbocycles. The van der Waals surface area contributed by atoms with Crippen LogP contribution in [0.1, 0.15) is 10.5 Å². The van der Waals surface area contributed by atoms with Gasteiger partial charge in [-0.2, -0.15) is 0 Å². The predicted molar refractivity (Wildman–Crippen MR) is 118 cm³/mol. The average molecular weight is 434 g/mol. The first kappa shape index (κ1) is 20.3. The van der Waals surface area contributed by atoms with E-state index in [4.69, 9.17) is 0 Å². The topological polar surface area (TPSA) is 110 Å². The van der Waals surface area contributed by atoms with E-state index in [0.717, 1.165) is 17.3 Å². The first-order chi connectivity index (χ1) is 14.8. The van der Waals surface area contributed by atoms with Gasteiger partial charge < -0.3 is 9.72 Å². The fraction of sp³-hybridized carbons (Fsp3) is 0.0455. The highest BCUT2D eigenvalue weighted by Crippen LogP contribution is 2.28. The standard InChI is InChI=1S/C22H18N4O4S/c1-31(29,30)25-17-9-7-16(8-10-17)24-22(28)21(27)20-19(15-5-4-11-23-14-15)13-18-6-2-3-12-26(18)20/h2-14,25H,1H3,(H,24,28). The molecule has 156 valence electrons. The number of nitrogens with zero attached hydrogens (tertiary/aromatic N) is 2. The van der Waals surface area contributed by atoms with E-state index < -0.39 is 21.7 Å². The molecule has 0 unspecified atom stereocenters. The zero-order chi connectivity index (χ0) is 22.0. The number of Topliss-reactive ketones (excluding diaryl/α,β-unsaturated/α-hetero) is 1. The van der Waals surface area contributed by atoms with Gasteiger partial charge in [0.05, 0.1) is 6.26 Å². The third-order valence-corrected chi connectivity index (χ3v) is 5.13. The molecule has 31 heavy (non-hydrogen) atoms. The fourth-order valence-corrected chi connectivity index (χ4v) is 3.79. The van der Waals surface area contributed by atoms with Gasteiger partial charge in [0.15, 0.2) is 0 Å². The lowest BCUT2D eigenvalue weighted by Crippen LogP contribution is -2.24. The Morgan fingerprint density at radius 1 is 0.968 bits per heavy atom. The summed E-state index contributed by atoms with van der Waals surface area (Å²) in [7, 11) is -3.41. The van der Waals surface area contributed by atoms with E-state index in [1.165, 1.54) is 24.3 Å². The summed E-state index contributed by atoms with van der Waals surface area (Å²) in [5.41, 5.74) is 3.04. The second kappa shape index (κ2) is 8.04. The molecule has 0 atom stereocenters. The number of pyridine rings is 2. The molecule has 0 fully saturated rings. The number of benzene rings is 1. The zero-order valence-corrected chi connectivity index (χ0v) is 17.3. The van der Waals surface area contributed by atoms with Gasteiger partial charge in [0.25, 0.3) is 11.7 Å². The molecule has 3 heterocycles. The third-order valence-electron chi connectivity index (χ3n) is 4.52. The maximum atomic E-state index is 13.1. The molecule has 4 rings (SSSR count). The van der Waals surface area contributed by atoms with Crippen LogP contribution < -0.4 is 10.0 Å². The maximum Gasteiger partial charge on any atom is 0.298 e. The summed E-state index contributed by atoms with van der Waals surface area (Å²) < 4.78 is 26.6. The molecule has 0 aliphatic carbocycles. The largest absolute Gasteiger partial charge is 0.319 e. The van der Waals surface area contributed by atoms with Gasteiger partial charge >= 0.3 is 0 Å². The minimum absolute atomic E-state index is 0.233. The van der Waals surface area contributed by atoms with Crippen molar-refractivity contribution < 1.29 is 18.0 Å². The third kappa shape index (κ3) is 4.46. The Labute approximate surface area is 178 Å². The van der Waals surface area contributed by atoms with Gasteiger partial charge in [0.1, 0.15) is 5.69 Å². The van der Waals surface area contributed by atoms with Crippen LogP contribution in [0.25, 0.3) is 16.6 Å². The number of ketones is 1. The Hall–Kier alpha value is -3.98. The lowest BCUT2D eigenvalue weighted by molar-refractivity contribution is -0.112. The number of carbonyl (C=O) groups excluding carboxylic acids is 2. The number of rotatable bonds is 6. The first-order valence-corrected chi connectivity index (χ1v) is 11.1. The molecule has 0 aliphatic heterocycles. The van der Waals surface area contributed by atoms with E-state index >= 15 is 0 Å². The number of aromatic nitrogens is 2. The summed E-state index contributed by atoms with van der Waals surface area (Å²) in [5.74, 6) is -1.51. The average Bonchev–Trinajstić information content (AvgIpc) is 3.14. The highest BCUT2D eigenvalue weighted by molar-refractivity contribution is 7.92. The van der Waals surface area contributed by atoms with Crippen LogP contribution >= 0.6 is 0 Å². The van der Waals surface area contributed by atoms with E-state index in [2.05, 4.69) is 15.0 Å². The van der Waals surface area contributed by atoms with E-state index in [-0.39, 0.29) is 5.69 Å². The highest BCUT2D eigenvalue weighted by Gasteiger charge is 2.25. The second-order valence-electron chi connectivity index (χ2n) is 6.88. The summed E-state index contributed by atoms with van der Waals surface area (Å²) in [6, 6.07) is 16.9. The van der Waals surface area contributed by atoms with Gasteiger partial charge in [-0.25, -0.2) is 8.42 Å². The molecule has 2 N–H and O–H groups in total. The molecule has 1 amide bonds. The number of hydrogen-bond acceptors (Lipinski definition) is 5. The lowest BCUT2D eigenvalue weighted by atomic mass is 10.1. The van der Waals surface area contributed by atoms with Crippen molar-refractivity contribution >= 4 is 38.6 Å². The minimum Gasteiger partial charge on any atom is -0.319 e. The summed E-state index contributed by atoms with van der Waals surface area (Å²) in [6.45, 7) is 0. The molecule has 0 saturated carbocycles. The Morgan fingerprint density at radius 2 is 1.71 bits per heavy atom. The SMILES string of the molecule is CS(=O)(=O)Nc1ccc(NC(=O)C(=O)c2c(-c3cccnc3)cc3ccccn23)cc1. The second-order valence-corrected chi connectivity index (χ2v) is 8.63. The minimum atomic E-state index is -3.41. The molecule has 0 radical (unpaired) electrons. The maximum absolute atomic E-state index is 13.1.